The highest BCUT2D eigenvalue weighted by molar-refractivity contribution is 7.98. The quantitative estimate of drug-likeness (QED) is 0.474. The number of carboxylic acid groups (broad SMARTS) is 1. The monoisotopic (exact) mass is 272 g/mol. The van der Waals surface area contributed by atoms with Crippen molar-refractivity contribution in [3.63, 3.8) is 0 Å². The Labute approximate surface area is 109 Å². The lowest BCUT2D eigenvalue weighted by molar-refractivity contribution is -0.607. The third-order valence-electron chi connectivity index (χ3n) is 2.73. The van der Waals surface area contributed by atoms with Crippen LogP contribution < -0.4 is 4.73 Å². The molecule has 1 atom stereocenters. The van der Waals surface area contributed by atoms with Crippen molar-refractivity contribution in [2.24, 2.45) is 0 Å². The van der Waals surface area contributed by atoms with E-state index < -0.39 is 12.0 Å². The van der Waals surface area contributed by atoms with E-state index in [0.29, 0.717) is 22.6 Å². The summed E-state index contributed by atoms with van der Waals surface area (Å²) in [7, 11) is 0. The first-order valence-electron chi connectivity index (χ1n) is 5.43. The molecule has 0 aliphatic heterocycles. The van der Waals surface area contributed by atoms with Crippen LogP contribution in [0.15, 0.2) is 6.33 Å². The Bertz CT molecular complexity index is 470. The lowest BCUT2D eigenvalue weighted by Crippen LogP contribution is -2.31. The van der Waals surface area contributed by atoms with Gasteiger partial charge in [0.15, 0.2) is 11.7 Å². The second-order valence-electron chi connectivity index (χ2n) is 3.97. The molecule has 0 saturated carbocycles. The number of carbonyl (C=O) groups is 2. The van der Waals surface area contributed by atoms with Gasteiger partial charge >= 0.3 is 5.97 Å². The molecule has 0 fully saturated rings. The molecule has 0 bridgehead atoms. The van der Waals surface area contributed by atoms with Crippen molar-refractivity contribution in [3.05, 3.63) is 22.9 Å². The van der Waals surface area contributed by atoms with Gasteiger partial charge in [0.1, 0.15) is 0 Å². The van der Waals surface area contributed by atoms with E-state index in [9.17, 15) is 19.9 Å². The highest BCUT2D eigenvalue weighted by Gasteiger charge is 2.30. The molecule has 7 heteroatoms. The van der Waals surface area contributed by atoms with Gasteiger partial charge in [-0.25, -0.2) is 14.1 Å². The average Bonchev–Trinajstić information content (AvgIpc) is 2.54. The van der Waals surface area contributed by atoms with Gasteiger partial charge in [-0.15, -0.1) is 0 Å². The summed E-state index contributed by atoms with van der Waals surface area (Å²) >= 11 is 1.54. The number of Topliss-reactive ketones (excluding diaryl/α,β-unsaturated/α-hetero) is 1. The molecule has 18 heavy (non-hydrogen) atoms. The summed E-state index contributed by atoms with van der Waals surface area (Å²) in [6.45, 7) is 2.87. The minimum atomic E-state index is -1.00. The topological polar surface area (TPSA) is 86.2 Å². The fourth-order valence-electron chi connectivity index (χ4n) is 1.87. The standard InChI is InChI=1S/C11H16N2O4S/c1-7-10(8(2)14)13(17)6-12(7)9(11(15)16)4-5-18-3/h6,9H,4-5H2,1-3H3,(H,15,16)/t9-/m1/s1. The van der Waals surface area contributed by atoms with E-state index in [1.54, 1.807) is 6.92 Å². The van der Waals surface area contributed by atoms with Crippen molar-refractivity contribution in [3.8, 4) is 0 Å². The molecule has 100 valence electrons. The van der Waals surface area contributed by atoms with Gasteiger partial charge < -0.3 is 10.3 Å². The molecule has 0 spiro atoms. The second kappa shape index (κ2) is 5.90. The number of aromatic nitrogens is 2. The molecule has 0 radical (unpaired) electrons. The van der Waals surface area contributed by atoms with E-state index in [4.69, 9.17) is 0 Å². The number of nitrogens with zero attached hydrogens (tertiary/aromatic N) is 2. The Hall–Kier alpha value is -1.50. The first kappa shape index (κ1) is 14.6. The van der Waals surface area contributed by atoms with E-state index >= 15 is 0 Å². The first-order chi connectivity index (χ1) is 8.40. The van der Waals surface area contributed by atoms with Crippen molar-refractivity contribution in [1.29, 1.82) is 0 Å². The SMILES string of the molecule is CSCC[C@H](C(=O)O)n1c[n+]([O-])c(C(C)=O)c1C. The van der Waals surface area contributed by atoms with Gasteiger partial charge in [0.05, 0.1) is 0 Å². The van der Waals surface area contributed by atoms with E-state index in [1.807, 2.05) is 6.26 Å². The van der Waals surface area contributed by atoms with Gasteiger partial charge in [0.2, 0.25) is 17.8 Å². The molecule has 1 aromatic rings. The van der Waals surface area contributed by atoms with Gasteiger partial charge in [0, 0.05) is 20.3 Å². The first-order valence-corrected chi connectivity index (χ1v) is 6.82. The maximum absolute atomic E-state index is 11.6. The number of carbonyl (C=O) groups excluding carboxylic acids is 1. The Kier molecular flexibility index (Phi) is 4.77. The Morgan fingerprint density at radius 2 is 2.22 bits per heavy atom. The minimum Gasteiger partial charge on any atom is -0.710 e. The van der Waals surface area contributed by atoms with E-state index in [-0.39, 0.29) is 11.5 Å². The number of imidazole rings is 1. The average molecular weight is 272 g/mol. The molecule has 0 unspecified atom stereocenters. The fourth-order valence-corrected chi connectivity index (χ4v) is 2.33. The molecule has 1 heterocycles. The third-order valence-corrected chi connectivity index (χ3v) is 3.37. The molecule has 0 aliphatic carbocycles. The van der Waals surface area contributed by atoms with Gasteiger partial charge in [0.25, 0.3) is 0 Å². The van der Waals surface area contributed by atoms with Crippen molar-refractivity contribution in [2.45, 2.75) is 26.3 Å². The van der Waals surface area contributed by atoms with Gasteiger partial charge in [-0.3, -0.25) is 4.79 Å². The fraction of sp³-hybridized carbons (Fsp3) is 0.545. The molecule has 0 aliphatic rings. The van der Waals surface area contributed by atoms with E-state index in [1.165, 1.54) is 23.3 Å². The molecular formula is C11H16N2O4S. The van der Waals surface area contributed by atoms with Crippen LogP contribution in [0.4, 0.5) is 0 Å². The van der Waals surface area contributed by atoms with E-state index in [2.05, 4.69) is 0 Å². The number of carboxylic acids is 1. The Morgan fingerprint density at radius 1 is 1.61 bits per heavy atom. The van der Waals surface area contributed by atoms with Crippen molar-refractivity contribution in [2.75, 3.05) is 12.0 Å². The highest BCUT2D eigenvalue weighted by Crippen LogP contribution is 2.18. The lowest BCUT2D eigenvalue weighted by atomic mass is 10.2. The van der Waals surface area contributed by atoms with Crippen LogP contribution in [0.5, 0.6) is 0 Å². The highest BCUT2D eigenvalue weighted by atomic mass is 32.2. The summed E-state index contributed by atoms with van der Waals surface area (Å²) in [6.07, 6.45) is 3.42. The molecule has 6 nitrogen and oxygen atoms in total. The molecule has 1 aromatic heterocycles. The van der Waals surface area contributed by atoms with Crippen molar-refractivity contribution >= 4 is 23.5 Å². The number of aliphatic carboxylic acids is 1. The van der Waals surface area contributed by atoms with Crippen molar-refractivity contribution < 1.29 is 19.4 Å². The Balaban J connectivity index is 3.17. The normalized spacial score (nSPS) is 12.4. The third kappa shape index (κ3) is 2.84. The zero-order chi connectivity index (χ0) is 13.9. The minimum absolute atomic E-state index is 0.00500. The molecular weight excluding hydrogens is 256 g/mol. The van der Waals surface area contributed by atoms with Crippen LogP contribution in [0, 0.1) is 12.1 Å². The van der Waals surface area contributed by atoms with Gasteiger partial charge in [-0.1, -0.05) is 0 Å². The maximum atomic E-state index is 11.6. The van der Waals surface area contributed by atoms with Crippen LogP contribution in [0.25, 0.3) is 0 Å². The van der Waals surface area contributed by atoms with Crippen LogP contribution in [0.3, 0.4) is 0 Å². The summed E-state index contributed by atoms with van der Waals surface area (Å²) in [5.74, 6) is -0.698. The van der Waals surface area contributed by atoms with Crippen LogP contribution in [0.2, 0.25) is 0 Å². The molecule has 0 aromatic carbocycles. The smallest absolute Gasteiger partial charge is 0.349 e. The summed E-state index contributed by atoms with van der Waals surface area (Å²) in [5, 5.41) is 20.8. The zero-order valence-electron chi connectivity index (χ0n) is 10.5. The number of hydrogen-bond donors (Lipinski definition) is 1. The van der Waals surface area contributed by atoms with Crippen LogP contribution in [0.1, 0.15) is 35.6 Å². The summed E-state index contributed by atoms with van der Waals surface area (Å²) in [4.78, 5) is 22.5. The summed E-state index contributed by atoms with van der Waals surface area (Å²) in [5.41, 5.74) is 0.399. The zero-order valence-corrected chi connectivity index (χ0v) is 11.4. The molecule has 0 saturated heterocycles. The predicted molar refractivity (Wildman–Crippen MR) is 67.8 cm³/mol. The largest absolute Gasteiger partial charge is 0.710 e. The van der Waals surface area contributed by atoms with Crippen LogP contribution in [-0.4, -0.2) is 33.4 Å². The molecule has 1 N–H and O–H groups in total. The summed E-state index contributed by atoms with van der Waals surface area (Å²) < 4.78 is 1.80. The number of thioether (sulfide) groups is 1. The molecule has 1 rings (SSSR count). The van der Waals surface area contributed by atoms with Crippen molar-refractivity contribution in [1.82, 2.24) is 4.57 Å². The number of rotatable bonds is 6. The van der Waals surface area contributed by atoms with Gasteiger partial charge in [-0.05, 0) is 12.0 Å². The number of ketones is 1. The van der Waals surface area contributed by atoms with Crippen LogP contribution >= 0.6 is 11.8 Å². The van der Waals surface area contributed by atoms with Gasteiger partial charge in [-0.2, -0.15) is 11.8 Å². The lowest BCUT2D eigenvalue weighted by Gasteiger charge is -2.09. The van der Waals surface area contributed by atoms with E-state index in [0.717, 1.165) is 6.33 Å². The second-order valence-corrected chi connectivity index (χ2v) is 4.96. The summed E-state index contributed by atoms with van der Waals surface area (Å²) in [6, 6.07) is -0.814. The number of hydrogen-bond acceptors (Lipinski definition) is 4. The maximum Gasteiger partial charge on any atom is 0.349 e. The Morgan fingerprint density at radius 3 is 2.61 bits per heavy atom. The predicted octanol–water partition coefficient (Wildman–Crippen LogP) is 1.01. The van der Waals surface area contributed by atoms with Crippen LogP contribution in [-0.2, 0) is 4.79 Å². The molecule has 0 amide bonds.